The predicted octanol–water partition coefficient (Wildman–Crippen LogP) is 2.75. The molecule has 2 aromatic rings. The Morgan fingerprint density at radius 2 is 1.45 bits per heavy atom. The summed E-state index contributed by atoms with van der Waals surface area (Å²) in [6, 6.07) is 7.43. The first-order valence-electron chi connectivity index (χ1n) is 29.2. The van der Waals surface area contributed by atoms with Crippen LogP contribution in [0, 0.1) is 55.5 Å². The Kier molecular flexibility index (Phi) is 17.1. The number of ether oxygens (including phenoxy) is 8. The number of fused-ring (bicyclic) bond motifs is 7. The third-order valence-electron chi connectivity index (χ3n) is 21.6. The zero-order valence-corrected chi connectivity index (χ0v) is 49.0. The molecule has 0 amide bonds. The van der Waals surface area contributed by atoms with Crippen LogP contribution in [0.5, 0.6) is 5.88 Å². The summed E-state index contributed by atoms with van der Waals surface area (Å²) in [7, 11) is -4.31. The molecule has 82 heavy (non-hydrogen) atoms. The highest BCUT2D eigenvalue weighted by Gasteiger charge is 2.70. The number of rotatable bonds is 15. The van der Waals surface area contributed by atoms with Crippen molar-refractivity contribution in [3.05, 3.63) is 47.2 Å². The molecule has 0 radical (unpaired) electrons. The van der Waals surface area contributed by atoms with Crippen molar-refractivity contribution in [1.82, 2.24) is 5.16 Å². The molecule has 0 spiro atoms. The highest BCUT2D eigenvalue weighted by Crippen LogP contribution is 2.76. The van der Waals surface area contributed by atoms with E-state index in [0.29, 0.717) is 19.3 Å². The van der Waals surface area contributed by atoms with Gasteiger partial charge >= 0.3 is 16.9 Å². The van der Waals surface area contributed by atoms with Crippen molar-refractivity contribution in [2.45, 2.75) is 228 Å². The van der Waals surface area contributed by atoms with Crippen LogP contribution in [0.2, 0.25) is 0 Å². The van der Waals surface area contributed by atoms with Crippen molar-refractivity contribution >= 4 is 15.8 Å². The van der Waals surface area contributed by atoms with Crippen LogP contribution >= 0.6 is 0 Å². The van der Waals surface area contributed by atoms with Gasteiger partial charge in [-0.15, -0.1) is 0 Å². The Bertz CT molecular complexity index is 2750. The summed E-state index contributed by atoms with van der Waals surface area (Å²) in [6.45, 7) is 16.7. The monoisotopic (exact) mass is 1180 g/mol. The molecule has 10 rings (SSSR count). The van der Waals surface area contributed by atoms with Crippen LogP contribution < -0.4 is 9.64 Å². The van der Waals surface area contributed by atoms with E-state index in [4.69, 9.17) is 37.9 Å². The van der Waals surface area contributed by atoms with Crippen molar-refractivity contribution in [2.24, 2.45) is 50.2 Å². The molecule has 460 valence electrons. The highest BCUT2D eigenvalue weighted by molar-refractivity contribution is 7.91. The van der Waals surface area contributed by atoms with Crippen LogP contribution in [-0.2, 0) is 47.8 Å². The first kappa shape index (κ1) is 61.6. The number of carbonyl (C=O) groups excluding carboxylic acids is 1. The molecule has 24 heteroatoms. The second kappa shape index (κ2) is 22.7. The van der Waals surface area contributed by atoms with E-state index >= 15 is 0 Å². The lowest BCUT2D eigenvalue weighted by Gasteiger charge is -2.71. The van der Waals surface area contributed by atoms with E-state index in [-0.39, 0.29) is 81.4 Å². The van der Waals surface area contributed by atoms with Crippen molar-refractivity contribution in [3.63, 3.8) is 0 Å². The van der Waals surface area contributed by atoms with Gasteiger partial charge in [-0.1, -0.05) is 78.3 Å². The van der Waals surface area contributed by atoms with E-state index in [1.807, 2.05) is 0 Å². The molecule has 8 aliphatic rings. The third-order valence-corrected chi connectivity index (χ3v) is 23.3. The number of aliphatic hydroxyl groups is 8. The minimum atomic E-state index is -4.31. The average molecular weight is 1180 g/mol. The van der Waals surface area contributed by atoms with Crippen molar-refractivity contribution in [1.29, 1.82) is 0 Å². The van der Waals surface area contributed by atoms with Gasteiger partial charge < -0.3 is 84.0 Å². The second-order valence-corrected chi connectivity index (χ2v) is 28.8. The summed E-state index contributed by atoms with van der Waals surface area (Å²) in [5, 5.41) is 101. The van der Waals surface area contributed by atoms with Crippen LogP contribution in [0.1, 0.15) is 126 Å². The highest BCUT2D eigenvalue weighted by atomic mass is 32.2. The molecule has 0 unspecified atom stereocenters. The number of aliphatic hydroxyl groups excluding tert-OH is 8. The van der Waals surface area contributed by atoms with Crippen LogP contribution in [-0.4, -0.2) is 179 Å². The standard InChI is InChI=1S/C58H86N2O21S/c1-30-39(62)42(65)44(67)49(76-30)80-46-41(64)35(78-50-45(68)43(66)40(63)34(28-61)77-50)29-75-51(46)79-38-18-19-55(6)36(54(38,4)5)17-20-57(8)37(55)16-15-32-33-27-53(2,3)21-23-58(33,24-22-56(32,57)7)52(69)74-26-12-25-73-47-48(60(70)81-59-47)82(71,72)31-13-10-9-11-14-31/h9-11,13-15,30,33-46,49-51,61-68H,12,16-29H2,1-8H3/t30-,33-,34+,35-,36-,37+,38-,39-,40+,41-,42+,43-,44+,45+,46+,49-,50-,51-,55-,56+,57+,58-/m0/s1. The van der Waals surface area contributed by atoms with Crippen LogP contribution in [0.3, 0.4) is 0 Å². The van der Waals surface area contributed by atoms with Gasteiger partial charge in [0.15, 0.2) is 18.9 Å². The molecule has 4 saturated carbocycles. The minimum Gasteiger partial charge on any atom is -0.465 e. The number of hydrogen-bond acceptors (Lipinski definition) is 22. The van der Waals surface area contributed by atoms with Crippen molar-refractivity contribution < 1.29 is 101 Å². The van der Waals surface area contributed by atoms with Gasteiger partial charge in [0.2, 0.25) is 0 Å². The number of aromatic nitrogens is 2. The first-order valence-corrected chi connectivity index (χ1v) is 30.7. The molecular formula is C58H86N2O21S. The number of allylic oxidation sites excluding steroid dienone is 2. The van der Waals surface area contributed by atoms with Gasteiger partial charge in [-0.05, 0) is 133 Å². The van der Waals surface area contributed by atoms with E-state index in [2.05, 4.69) is 64.3 Å². The lowest BCUT2D eigenvalue weighted by Crippen LogP contribution is -2.66. The summed E-state index contributed by atoms with van der Waals surface area (Å²) in [6.07, 6.45) is -11.0. The average Bonchev–Trinajstić information content (AvgIpc) is 0.833. The molecule has 1 aromatic heterocycles. The number of carbonyl (C=O) groups is 1. The number of sulfone groups is 1. The number of nitrogens with zero attached hydrogens (tertiary/aromatic N) is 2. The van der Waals surface area contributed by atoms with E-state index in [0.717, 1.165) is 44.9 Å². The van der Waals surface area contributed by atoms with Crippen LogP contribution in [0.4, 0.5) is 0 Å². The molecule has 0 bridgehead atoms. The number of hydrogen-bond donors (Lipinski definition) is 8. The molecule has 8 N–H and O–H groups in total. The van der Waals surface area contributed by atoms with Crippen LogP contribution in [0.25, 0.3) is 0 Å². The molecule has 23 nitrogen and oxygen atoms in total. The molecule has 3 aliphatic heterocycles. The molecule has 3 saturated heterocycles. The summed E-state index contributed by atoms with van der Waals surface area (Å²) in [4.78, 5) is 14.4. The zero-order chi connectivity index (χ0) is 59.3. The topological polar surface area (TPSA) is 340 Å². The Labute approximate surface area is 478 Å². The lowest BCUT2D eigenvalue weighted by molar-refractivity contribution is -0.832. The third kappa shape index (κ3) is 10.3. The van der Waals surface area contributed by atoms with E-state index in [1.54, 1.807) is 6.07 Å². The summed E-state index contributed by atoms with van der Waals surface area (Å²) in [5.74, 6) is -0.330. The maximum absolute atomic E-state index is 14.7. The molecule has 4 heterocycles. The Morgan fingerprint density at radius 3 is 2.16 bits per heavy atom. The lowest BCUT2D eigenvalue weighted by atomic mass is 9.33. The maximum atomic E-state index is 14.7. The maximum Gasteiger partial charge on any atom is 0.414 e. The number of benzene rings is 1. The van der Waals surface area contributed by atoms with Gasteiger partial charge in [-0.3, -0.25) is 9.42 Å². The van der Waals surface area contributed by atoms with E-state index in [1.165, 1.54) is 36.8 Å². The Morgan fingerprint density at radius 1 is 0.768 bits per heavy atom. The predicted molar refractivity (Wildman–Crippen MR) is 284 cm³/mol. The first-order chi connectivity index (χ1) is 38.6. The fraction of sp³-hybridized carbons (Fsp3) is 0.810. The molecular weight excluding hydrogens is 1090 g/mol. The quantitative estimate of drug-likeness (QED) is 0.0418. The summed E-state index contributed by atoms with van der Waals surface area (Å²) in [5.41, 5.74) is -0.411. The fourth-order valence-corrected chi connectivity index (χ4v) is 17.8. The van der Waals surface area contributed by atoms with Gasteiger partial charge in [0.05, 0.1) is 54.1 Å². The van der Waals surface area contributed by atoms with Gasteiger partial charge in [0, 0.05) is 6.42 Å². The molecule has 5 aliphatic carbocycles. The van der Waals surface area contributed by atoms with Crippen molar-refractivity contribution in [2.75, 3.05) is 26.4 Å². The van der Waals surface area contributed by atoms with E-state index in [9.17, 15) is 59.3 Å². The van der Waals surface area contributed by atoms with Crippen molar-refractivity contribution in [3.8, 4) is 5.88 Å². The van der Waals surface area contributed by atoms with E-state index < -0.39 is 130 Å². The van der Waals surface area contributed by atoms with Gasteiger partial charge in [-0.2, -0.15) is 0 Å². The SMILES string of the molecule is C[C@@H]1O[C@@H](O[C@H]2[C@H](O[C@H]3CC[C@]4(C)[C@H]5CC=C6[C@@H]7CC(C)(C)CC[C@]7(C(=O)OCCCOc7no[n+]([O-])c7S(=O)(=O)c7ccccc7)CC[C@@]6(C)[C@]5(C)CC[C@H]4C3(C)C)OC[C@H](O[C@@H]3O[C@H](CO)[C@@H](O)[C@H](O)[C@H]3O)[C@@H]2O)[C@H](O)[C@H](O)[C@H]1O. The fourth-order valence-electron chi connectivity index (χ4n) is 16.5. The minimum absolute atomic E-state index is 0.0110. The molecule has 22 atom stereocenters. The molecule has 7 fully saturated rings. The summed E-state index contributed by atoms with van der Waals surface area (Å²) >= 11 is 0. The Hall–Kier alpha value is -3.44. The Balaban J connectivity index is 0.838. The zero-order valence-electron chi connectivity index (χ0n) is 48.2. The van der Waals surface area contributed by atoms with Crippen LogP contribution in [0.15, 0.2) is 56.5 Å². The number of esters is 1. The normalized spacial score (nSPS) is 44.4. The van der Waals surface area contributed by atoms with Gasteiger partial charge in [-0.25, -0.2) is 8.42 Å². The van der Waals surface area contributed by atoms with Gasteiger partial charge in [0.25, 0.3) is 9.84 Å². The van der Waals surface area contributed by atoms with Gasteiger partial charge in [0.1, 0.15) is 61.0 Å². The largest absolute Gasteiger partial charge is 0.465 e. The second-order valence-electron chi connectivity index (χ2n) is 26.9. The smallest absolute Gasteiger partial charge is 0.414 e. The molecule has 1 aromatic carbocycles. The summed E-state index contributed by atoms with van der Waals surface area (Å²) < 4.78 is 80.0.